The number of benzene rings is 2. The van der Waals surface area contributed by atoms with Gasteiger partial charge in [0.1, 0.15) is 11.5 Å². The quantitative estimate of drug-likeness (QED) is 0.683. The van der Waals surface area contributed by atoms with E-state index in [4.69, 9.17) is 28.5 Å². The summed E-state index contributed by atoms with van der Waals surface area (Å²) in [5.74, 6) is 0.0105. The van der Waals surface area contributed by atoms with E-state index in [0.717, 1.165) is 0 Å². The summed E-state index contributed by atoms with van der Waals surface area (Å²) >= 11 is 11.9. The van der Waals surface area contributed by atoms with Crippen molar-refractivity contribution in [3.8, 4) is 6.07 Å². The van der Waals surface area contributed by atoms with Gasteiger partial charge in [-0.3, -0.25) is 4.79 Å². The maximum absolute atomic E-state index is 12.2. The Morgan fingerprint density at radius 2 is 1.77 bits per heavy atom. The lowest BCUT2D eigenvalue weighted by molar-refractivity contribution is 0.102. The van der Waals surface area contributed by atoms with Gasteiger partial charge in [-0.2, -0.15) is 5.26 Å². The first-order chi connectivity index (χ1) is 12.5. The maximum Gasteiger partial charge on any atom is 0.275 e. The lowest BCUT2D eigenvalue weighted by Crippen LogP contribution is -2.14. The second kappa shape index (κ2) is 7.83. The largest absolute Gasteiger partial charge is 0.339 e. The number of carbonyl (C=O) groups is 1. The van der Waals surface area contributed by atoms with Gasteiger partial charge in [-0.25, -0.2) is 9.97 Å². The van der Waals surface area contributed by atoms with E-state index in [1.54, 1.807) is 42.5 Å². The van der Waals surface area contributed by atoms with Crippen LogP contribution in [-0.2, 0) is 0 Å². The molecular formula is C18H11Cl2N5O. The highest BCUT2D eigenvalue weighted by Crippen LogP contribution is 2.24. The van der Waals surface area contributed by atoms with Crippen LogP contribution in [0.4, 0.5) is 17.2 Å². The Balaban J connectivity index is 1.70. The number of aromatic nitrogens is 2. The Hall–Kier alpha value is -3.14. The highest BCUT2D eigenvalue weighted by atomic mass is 35.5. The van der Waals surface area contributed by atoms with Crippen molar-refractivity contribution < 1.29 is 4.79 Å². The zero-order chi connectivity index (χ0) is 18.5. The summed E-state index contributed by atoms with van der Waals surface area (Å²) < 4.78 is 0. The number of nitrogens with zero attached hydrogens (tertiary/aromatic N) is 3. The molecule has 0 spiro atoms. The molecule has 0 atom stereocenters. The maximum atomic E-state index is 12.2. The predicted molar refractivity (Wildman–Crippen MR) is 101 cm³/mol. The number of rotatable bonds is 4. The summed E-state index contributed by atoms with van der Waals surface area (Å²) in [5, 5.41) is 15.5. The molecule has 0 saturated heterocycles. The van der Waals surface area contributed by atoms with Crippen LogP contribution in [0.15, 0.2) is 54.9 Å². The second-order valence-corrected chi connectivity index (χ2v) is 6.09. The molecule has 6 nitrogen and oxygen atoms in total. The van der Waals surface area contributed by atoms with E-state index >= 15 is 0 Å². The first kappa shape index (κ1) is 17.7. The fraction of sp³-hybridized carbons (Fsp3) is 0. The summed E-state index contributed by atoms with van der Waals surface area (Å²) in [5.41, 5.74) is 1.75. The van der Waals surface area contributed by atoms with Gasteiger partial charge in [-0.05, 0) is 36.4 Å². The van der Waals surface area contributed by atoms with Gasteiger partial charge in [0.25, 0.3) is 5.91 Å². The zero-order valence-electron chi connectivity index (χ0n) is 13.2. The van der Waals surface area contributed by atoms with Gasteiger partial charge in [-0.1, -0.05) is 29.3 Å². The van der Waals surface area contributed by atoms with Crippen LogP contribution in [0.5, 0.6) is 0 Å². The Bertz CT molecular complexity index is 979. The molecule has 0 unspecified atom stereocenters. The summed E-state index contributed by atoms with van der Waals surface area (Å²) in [6.45, 7) is 0. The molecule has 8 heteroatoms. The van der Waals surface area contributed by atoms with Gasteiger partial charge in [0.05, 0.1) is 24.0 Å². The molecule has 1 aromatic heterocycles. The number of nitrogens with one attached hydrogen (secondary N) is 2. The van der Waals surface area contributed by atoms with Gasteiger partial charge in [0.15, 0.2) is 0 Å². The number of amides is 1. The van der Waals surface area contributed by atoms with Gasteiger partial charge >= 0.3 is 0 Å². The van der Waals surface area contributed by atoms with Crippen molar-refractivity contribution in [2.24, 2.45) is 0 Å². The third-order valence-corrected chi connectivity index (χ3v) is 3.71. The molecular weight excluding hydrogens is 373 g/mol. The first-order valence-corrected chi connectivity index (χ1v) is 8.16. The lowest BCUT2D eigenvalue weighted by atomic mass is 10.2. The molecule has 0 aliphatic rings. The van der Waals surface area contributed by atoms with E-state index in [-0.39, 0.29) is 5.69 Å². The average molecular weight is 384 g/mol. The van der Waals surface area contributed by atoms with E-state index in [1.807, 2.05) is 6.07 Å². The topological polar surface area (TPSA) is 90.7 Å². The number of anilines is 3. The first-order valence-electron chi connectivity index (χ1n) is 7.40. The Morgan fingerprint density at radius 3 is 2.42 bits per heavy atom. The summed E-state index contributed by atoms with van der Waals surface area (Å²) in [6.07, 6.45) is 2.77. The molecule has 0 saturated carbocycles. The Kier molecular flexibility index (Phi) is 5.32. The van der Waals surface area contributed by atoms with Crippen molar-refractivity contribution in [1.29, 1.82) is 5.26 Å². The summed E-state index contributed by atoms with van der Waals surface area (Å²) in [6, 6.07) is 13.6. The SMILES string of the molecule is N#Cc1cccc(NC(=O)c2cnc(Nc3cc(Cl)cc(Cl)c3)cn2)c1. The fourth-order valence-electron chi connectivity index (χ4n) is 2.15. The molecule has 2 N–H and O–H groups in total. The zero-order valence-corrected chi connectivity index (χ0v) is 14.7. The van der Waals surface area contributed by atoms with Crippen LogP contribution in [0.1, 0.15) is 16.1 Å². The monoisotopic (exact) mass is 383 g/mol. The standard InChI is InChI=1S/C18H11Cl2N5O/c19-12-5-13(20)7-15(6-12)24-17-10-22-16(9-23-17)18(26)25-14-3-1-2-11(4-14)8-21/h1-7,9-10H,(H,23,24)(H,25,26). The molecule has 0 aliphatic heterocycles. The molecule has 128 valence electrons. The Morgan fingerprint density at radius 1 is 1.00 bits per heavy atom. The summed E-state index contributed by atoms with van der Waals surface area (Å²) in [7, 11) is 0. The van der Waals surface area contributed by atoms with Crippen molar-refractivity contribution in [3.05, 3.63) is 76.2 Å². The number of nitriles is 1. The minimum atomic E-state index is -0.426. The normalized spacial score (nSPS) is 10.0. The van der Waals surface area contributed by atoms with Gasteiger partial charge in [0, 0.05) is 21.4 Å². The van der Waals surface area contributed by atoms with E-state index in [2.05, 4.69) is 20.6 Å². The van der Waals surface area contributed by atoms with E-state index in [0.29, 0.717) is 32.8 Å². The molecule has 3 rings (SSSR count). The molecule has 2 aromatic carbocycles. The van der Waals surface area contributed by atoms with Crippen molar-refractivity contribution >= 4 is 46.3 Å². The lowest BCUT2D eigenvalue weighted by Gasteiger charge is -2.08. The van der Waals surface area contributed by atoms with E-state index in [9.17, 15) is 4.79 Å². The molecule has 1 heterocycles. The van der Waals surface area contributed by atoms with Crippen LogP contribution < -0.4 is 10.6 Å². The molecule has 26 heavy (non-hydrogen) atoms. The predicted octanol–water partition coefficient (Wildman–Crippen LogP) is 4.65. The van der Waals surface area contributed by atoms with Crippen LogP contribution in [-0.4, -0.2) is 15.9 Å². The minimum absolute atomic E-state index is 0.141. The molecule has 0 fully saturated rings. The van der Waals surface area contributed by atoms with Crippen molar-refractivity contribution in [2.45, 2.75) is 0 Å². The van der Waals surface area contributed by atoms with E-state index < -0.39 is 5.91 Å². The minimum Gasteiger partial charge on any atom is -0.339 e. The van der Waals surface area contributed by atoms with Gasteiger partial charge < -0.3 is 10.6 Å². The molecule has 0 radical (unpaired) electrons. The van der Waals surface area contributed by atoms with Crippen molar-refractivity contribution in [3.63, 3.8) is 0 Å². The summed E-state index contributed by atoms with van der Waals surface area (Å²) in [4.78, 5) is 20.5. The highest BCUT2D eigenvalue weighted by molar-refractivity contribution is 6.35. The third kappa shape index (κ3) is 4.48. The number of carbonyl (C=O) groups excluding carboxylic acids is 1. The molecule has 3 aromatic rings. The van der Waals surface area contributed by atoms with Crippen LogP contribution >= 0.6 is 23.2 Å². The molecule has 1 amide bonds. The fourth-order valence-corrected chi connectivity index (χ4v) is 2.67. The number of hydrogen-bond acceptors (Lipinski definition) is 5. The van der Waals surface area contributed by atoms with Crippen molar-refractivity contribution in [1.82, 2.24) is 9.97 Å². The van der Waals surface area contributed by atoms with E-state index in [1.165, 1.54) is 12.4 Å². The average Bonchev–Trinajstić information content (AvgIpc) is 2.61. The number of hydrogen-bond donors (Lipinski definition) is 2. The van der Waals surface area contributed by atoms with Crippen LogP contribution in [0.25, 0.3) is 0 Å². The van der Waals surface area contributed by atoms with Gasteiger partial charge in [-0.15, -0.1) is 0 Å². The highest BCUT2D eigenvalue weighted by Gasteiger charge is 2.09. The smallest absolute Gasteiger partial charge is 0.275 e. The number of halogens is 2. The molecule has 0 bridgehead atoms. The Labute approximate surface area is 159 Å². The van der Waals surface area contributed by atoms with Crippen LogP contribution in [0.3, 0.4) is 0 Å². The van der Waals surface area contributed by atoms with Crippen molar-refractivity contribution in [2.75, 3.05) is 10.6 Å². The second-order valence-electron chi connectivity index (χ2n) is 5.22. The third-order valence-electron chi connectivity index (χ3n) is 3.27. The molecule has 0 aliphatic carbocycles. The van der Waals surface area contributed by atoms with Crippen LogP contribution in [0.2, 0.25) is 10.0 Å². The van der Waals surface area contributed by atoms with Crippen LogP contribution in [0, 0.1) is 11.3 Å². The van der Waals surface area contributed by atoms with Gasteiger partial charge in [0.2, 0.25) is 0 Å².